The maximum absolute atomic E-state index is 2.59. The minimum atomic E-state index is -0.110. The van der Waals surface area contributed by atoms with E-state index >= 15 is 0 Å². The molecule has 0 spiro atoms. The highest BCUT2D eigenvalue weighted by molar-refractivity contribution is 6.33. The predicted octanol–water partition coefficient (Wildman–Crippen LogP) is 23.4. The lowest BCUT2D eigenvalue weighted by Gasteiger charge is -2.29. The Balaban J connectivity index is 1.44. The Hall–Kier alpha value is -7.02. The molecule has 0 aliphatic heterocycles. The largest absolute Gasteiger partial charge is 0.0622 e. The van der Waals surface area contributed by atoms with Gasteiger partial charge in [-0.2, -0.15) is 0 Å². The molecule has 400 valence electrons. The zero-order chi connectivity index (χ0) is 56.7. The van der Waals surface area contributed by atoms with Crippen LogP contribution in [0.2, 0.25) is 0 Å². The van der Waals surface area contributed by atoms with Gasteiger partial charge in [0.25, 0.3) is 0 Å². The van der Waals surface area contributed by atoms with E-state index in [1.165, 1.54) is 148 Å². The molecule has 0 nitrogen and oxygen atoms in total. The Morgan fingerprint density at radius 3 is 0.772 bits per heavy atom. The van der Waals surface area contributed by atoms with Crippen LogP contribution in [-0.2, 0) is 32.5 Å². The van der Waals surface area contributed by atoms with Gasteiger partial charge in [-0.05, 0) is 218 Å². The normalized spacial score (nSPS) is 13.3. The molecule has 0 aliphatic carbocycles. The van der Waals surface area contributed by atoms with Crippen LogP contribution >= 0.6 is 0 Å². The average molecular weight is 1030 g/mol. The van der Waals surface area contributed by atoms with Crippen molar-refractivity contribution in [1.29, 1.82) is 0 Å². The molecule has 11 rings (SSSR count). The molecular formula is C79H84. The summed E-state index contributed by atoms with van der Waals surface area (Å²) in [5, 5.41) is 15.5. The van der Waals surface area contributed by atoms with E-state index in [-0.39, 0.29) is 32.5 Å². The Labute approximate surface area is 473 Å². The lowest BCUT2D eigenvalue weighted by atomic mass is 9.74. The summed E-state index contributed by atoms with van der Waals surface area (Å²) in [4.78, 5) is 0. The van der Waals surface area contributed by atoms with Gasteiger partial charge in [-0.1, -0.05) is 258 Å². The Kier molecular flexibility index (Phi) is 12.7. The molecule has 0 aliphatic rings. The Morgan fingerprint density at radius 2 is 0.443 bits per heavy atom. The molecule has 0 saturated heterocycles. The van der Waals surface area contributed by atoms with Gasteiger partial charge in [0, 0.05) is 0 Å². The fraction of sp³-hybridized carbons (Fsp3) is 0.316. The van der Waals surface area contributed by atoms with Gasteiger partial charge in [-0.25, -0.2) is 0 Å². The first-order chi connectivity index (χ1) is 36.9. The molecule has 0 N–H and O–H groups in total. The van der Waals surface area contributed by atoms with E-state index < -0.39 is 0 Å². The maximum atomic E-state index is 2.59. The summed E-state index contributed by atoms with van der Waals surface area (Å²) in [7, 11) is 0. The van der Waals surface area contributed by atoms with Gasteiger partial charge in [-0.3, -0.25) is 0 Å². The Bertz CT molecular complexity index is 4260. The standard InChI is InChI=1S/C79H84/c1-47-55-35-29-50(75(5,6)7)42-64(55)70(58-36-30-49(41-63(47)58)74(2,3)4)72-61-39-33-54(79(17,18)19)46-68(61)73(62-40-34-53(45-67(62)72)78(14,15)16)71-60-38-32-51(76(8,9)10)43-65(60)69(59-37-31-52(44-66(59)71)77(11,12)13)57-28-24-23-27-56(57)48-25-21-20-22-26-48/h20-46H,1-19H3. The molecule has 0 radical (unpaired) electrons. The van der Waals surface area contributed by atoms with Gasteiger partial charge >= 0.3 is 0 Å². The summed E-state index contributed by atoms with van der Waals surface area (Å²) in [6.07, 6.45) is 0. The summed E-state index contributed by atoms with van der Waals surface area (Å²) in [6.45, 7) is 44.9. The van der Waals surface area contributed by atoms with Gasteiger partial charge in [0.1, 0.15) is 0 Å². The van der Waals surface area contributed by atoms with Crippen LogP contribution in [0, 0.1) is 6.92 Å². The van der Waals surface area contributed by atoms with Crippen LogP contribution in [0.4, 0.5) is 0 Å². The quantitative estimate of drug-likeness (QED) is 0.154. The first-order valence-electron chi connectivity index (χ1n) is 29.2. The first kappa shape index (κ1) is 54.0. The van der Waals surface area contributed by atoms with E-state index in [0.29, 0.717) is 0 Å². The van der Waals surface area contributed by atoms with Gasteiger partial charge in [0.15, 0.2) is 0 Å². The molecule has 0 fully saturated rings. The van der Waals surface area contributed by atoms with E-state index in [9.17, 15) is 0 Å². The number of rotatable bonds is 4. The third kappa shape index (κ3) is 9.36. The molecule has 11 aromatic carbocycles. The summed E-state index contributed by atoms with van der Waals surface area (Å²) >= 11 is 0. The monoisotopic (exact) mass is 1030 g/mol. The van der Waals surface area contributed by atoms with Crippen LogP contribution in [0.25, 0.3) is 109 Å². The van der Waals surface area contributed by atoms with Crippen molar-refractivity contribution < 1.29 is 0 Å². The van der Waals surface area contributed by atoms with Crippen molar-refractivity contribution in [2.75, 3.05) is 0 Å². The van der Waals surface area contributed by atoms with Gasteiger partial charge in [0.2, 0.25) is 0 Å². The van der Waals surface area contributed by atoms with Crippen molar-refractivity contribution in [2.45, 2.75) is 164 Å². The zero-order valence-electron chi connectivity index (χ0n) is 51.1. The molecule has 0 heteroatoms. The molecule has 0 atom stereocenters. The van der Waals surface area contributed by atoms with Crippen molar-refractivity contribution >= 4 is 64.6 Å². The third-order valence-corrected chi connectivity index (χ3v) is 17.6. The lowest BCUT2D eigenvalue weighted by molar-refractivity contribution is 0.590. The third-order valence-electron chi connectivity index (χ3n) is 17.6. The van der Waals surface area contributed by atoms with Crippen molar-refractivity contribution in [2.24, 2.45) is 0 Å². The average Bonchev–Trinajstić information content (AvgIpc) is 3.24. The van der Waals surface area contributed by atoms with Crippen molar-refractivity contribution in [3.05, 3.63) is 203 Å². The Morgan fingerprint density at radius 1 is 0.203 bits per heavy atom. The number of hydrogen-bond donors (Lipinski definition) is 0. The van der Waals surface area contributed by atoms with Gasteiger partial charge in [0.05, 0.1) is 0 Å². The van der Waals surface area contributed by atoms with E-state index in [1.54, 1.807) is 0 Å². The van der Waals surface area contributed by atoms with Crippen LogP contribution in [0.1, 0.15) is 164 Å². The molecule has 0 amide bonds. The van der Waals surface area contributed by atoms with Crippen LogP contribution < -0.4 is 0 Å². The summed E-state index contributed by atoms with van der Waals surface area (Å²) in [5.41, 5.74) is 19.2. The van der Waals surface area contributed by atoms with Crippen LogP contribution in [0.5, 0.6) is 0 Å². The van der Waals surface area contributed by atoms with Crippen LogP contribution in [0.15, 0.2) is 164 Å². The minimum absolute atomic E-state index is 0.0108. The zero-order valence-corrected chi connectivity index (χ0v) is 51.1. The fourth-order valence-corrected chi connectivity index (χ4v) is 12.6. The summed E-state index contributed by atoms with van der Waals surface area (Å²) < 4.78 is 0. The molecular weight excluding hydrogens is 949 g/mol. The van der Waals surface area contributed by atoms with E-state index in [2.05, 4.69) is 295 Å². The molecule has 0 aromatic heterocycles. The highest BCUT2D eigenvalue weighted by Crippen LogP contribution is 2.55. The number of hydrogen-bond acceptors (Lipinski definition) is 0. The summed E-state index contributed by atoms with van der Waals surface area (Å²) in [5.74, 6) is 0. The highest BCUT2D eigenvalue weighted by Gasteiger charge is 2.30. The second-order valence-corrected chi connectivity index (χ2v) is 29.5. The van der Waals surface area contributed by atoms with Gasteiger partial charge in [-0.15, -0.1) is 0 Å². The minimum Gasteiger partial charge on any atom is -0.0622 e. The highest BCUT2D eigenvalue weighted by atomic mass is 14.3. The molecule has 0 saturated carbocycles. The van der Waals surface area contributed by atoms with Crippen LogP contribution in [-0.4, -0.2) is 0 Å². The van der Waals surface area contributed by atoms with Gasteiger partial charge < -0.3 is 0 Å². The number of benzene rings is 11. The predicted molar refractivity (Wildman–Crippen MR) is 350 cm³/mol. The smallest absolute Gasteiger partial charge is 0.00138 e. The SMILES string of the molecule is Cc1c2cc(C(C)(C)C)ccc2c(-c2c3cc(C(C)(C)C)ccc3c(-c3c4ccc(C(C)(C)C)cc4c(-c4ccccc4-c4ccccc4)c4ccc(C(C)(C)C)cc34)c3cc(C(C)(C)C)ccc23)c2cc(C(C)(C)C)ccc12. The van der Waals surface area contributed by atoms with E-state index in [0.717, 1.165) is 0 Å². The molecule has 0 unspecified atom stereocenters. The van der Waals surface area contributed by atoms with Crippen molar-refractivity contribution in [3.8, 4) is 44.5 Å². The second kappa shape index (κ2) is 18.5. The number of fused-ring (bicyclic) bond motifs is 6. The first-order valence-corrected chi connectivity index (χ1v) is 29.2. The molecule has 0 heterocycles. The van der Waals surface area contributed by atoms with Crippen molar-refractivity contribution in [3.63, 3.8) is 0 Å². The van der Waals surface area contributed by atoms with Crippen LogP contribution in [0.3, 0.4) is 0 Å². The van der Waals surface area contributed by atoms with E-state index in [1.807, 2.05) is 0 Å². The van der Waals surface area contributed by atoms with Crippen molar-refractivity contribution in [1.82, 2.24) is 0 Å². The second-order valence-electron chi connectivity index (χ2n) is 29.5. The maximum Gasteiger partial charge on any atom is -0.00138 e. The topological polar surface area (TPSA) is 0 Å². The lowest BCUT2D eigenvalue weighted by Crippen LogP contribution is -2.12. The molecule has 11 aromatic rings. The molecule has 0 bridgehead atoms. The van der Waals surface area contributed by atoms with E-state index in [4.69, 9.17) is 0 Å². The fourth-order valence-electron chi connectivity index (χ4n) is 12.6. The summed E-state index contributed by atoms with van der Waals surface area (Å²) in [6, 6.07) is 64.9. The molecule has 79 heavy (non-hydrogen) atoms. The number of aryl methyl sites for hydroxylation is 1.